The Morgan fingerprint density at radius 2 is 1.74 bits per heavy atom. The molecule has 1 N–H and O–H groups in total. The van der Waals surface area contributed by atoms with Crippen LogP contribution in [0.2, 0.25) is 10.0 Å². The SMILES string of the molecule is COCc1ccccc1NCc1cccc(Cl)c1Cl. The molecule has 0 radical (unpaired) electrons. The lowest BCUT2D eigenvalue weighted by atomic mass is 10.1. The Morgan fingerprint density at radius 3 is 2.53 bits per heavy atom. The summed E-state index contributed by atoms with van der Waals surface area (Å²) >= 11 is 12.2. The zero-order valence-corrected chi connectivity index (χ0v) is 12.1. The van der Waals surface area contributed by atoms with Crippen molar-refractivity contribution in [3.63, 3.8) is 0 Å². The molecule has 100 valence electrons. The first-order valence-corrected chi connectivity index (χ1v) is 6.71. The number of halogens is 2. The molecule has 19 heavy (non-hydrogen) atoms. The van der Waals surface area contributed by atoms with Gasteiger partial charge in [0.2, 0.25) is 0 Å². The van der Waals surface area contributed by atoms with Crippen molar-refractivity contribution in [2.24, 2.45) is 0 Å². The molecular formula is C15H15Cl2NO. The molecule has 0 heterocycles. The van der Waals surface area contributed by atoms with Gasteiger partial charge in [0.05, 0.1) is 16.7 Å². The number of anilines is 1. The first kappa shape index (κ1) is 14.2. The van der Waals surface area contributed by atoms with Crippen LogP contribution in [0, 0.1) is 0 Å². The maximum atomic E-state index is 6.16. The van der Waals surface area contributed by atoms with Crippen LogP contribution in [-0.2, 0) is 17.9 Å². The number of hydrogen-bond acceptors (Lipinski definition) is 2. The van der Waals surface area contributed by atoms with E-state index in [1.165, 1.54) is 0 Å². The normalized spacial score (nSPS) is 10.5. The molecule has 0 aliphatic rings. The Kier molecular flexibility index (Phi) is 5.08. The number of methoxy groups -OCH3 is 1. The zero-order chi connectivity index (χ0) is 13.7. The van der Waals surface area contributed by atoms with Gasteiger partial charge in [-0.3, -0.25) is 0 Å². The van der Waals surface area contributed by atoms with Gasteiger partial charge in [-0.1, -0.05) is 53.5 Å². The van der Waals surface area contributed by atoms with E-state index < -0.39 is 0 Å². The minimum absolute atomic E-state index is 0.575. The second kappa shape index (κ2) is 6.80. The predicted molar refractivity (Wildman–Crippen MR) is 80.9 cm³/mol. The highest BCUT2D eigenvalue weighted by Crippen LogP contribution is 2.26. The average molecular weight is 296 g/mol. The van der Waals surface area contributed by atoms with Crippen molar-refractivity contribution in [3.05, 3.63) is 63.6 Å². The van der Waals surface area contributed by atoms with Crippen LogP contribution in [-0.4, -0.2) is 7.11 Å². The maximum Gasteiger partial charge on any atom is 0.0733 e. The molecule has 2 nitrogen and oxygen atoms in total. The van der Waals surface area contributed by atoms with Crippen molar-refractivity contribution in [2.45, 2.75) is 13.2 Å². The lowest BCUT2D eigenvalue weighted by Crippen LogP contribution is -2.03. The number of hydrogen-bond donors (Lipinski definition) is 1. The van der Waals surface area contributed by atoms with Crippen LogP contribution in [0.25, 0.3) is 0 Å². The van der Waals surface area contributed by atoms with Crippen LogP contribution >= 0.6 is 23.2 Å². The van der Waals surface area contributed by atoms with Crippen molar-refractivity contribution in [1.29, 1.82) is 0 Å². The average Bonchev–Trinajstić information content (AvgIpc) is 2.42. The topological polar surface area (TPSA) is 21.3 Å². The highest BCUT2D eigenvalue weighted by atomic mass is 35.5. The van der Waals surface area contributed by atoms with E-state index in [2.05, 4.69) is 5.32 Å². The lowest BCUT2D eigenvalue weighted by molar-refractivity contribution is 0.185. The number of ether oxygens (including phenoxy) is 1. The number of nitrogens with one attached hydrogen (secondary N) is 1. The molecule has 2 rings (SSSR count). The van der Waals surface area contributed by atoms with Gasteiger partial charge < -0.3 is 10.1 Å². The third-order valence-electron chi connectivity index (χ3n) is 2.82. The summed E-state index contributed by atoms with van der Waals surface area (Å²) in [7, 11) is 1.69. The van der Waals surface area contributed by atoms with Crippen molar-refractivity contribution in [1.82, 2.24) is 0 Å². The molecule has 0 aliphatic carbocycles. The number of rotatable bonds is 5. The first-order valence-electron chi connectivity index (χ1n) is 5.96. The molecule has 0 saturated heterocycles. The van der Waals surface area contributed by atoms with Crippen LogP contribution in [0.3, 0.4) is 0 Å². The summed E-state index contributed by atoms with van der Waals surface area (Å²) in [5, 5.41) is 4.53. The van der Waals surface area contributed by atoms with E-state index in [-0.39, 0.29) is 0 Å². The van der Waals surface area contributed by atoms with Crippen LogP contribution in [0.15, 0.2) is 42.5 Å². The fraction of sp³-hybridized carbons (Fsp3) is 0.200. The molecule has 0 saturated carbocycles. The minimum atomic E-state index is 0.575. The molecule has 0 aromatic heterocycles. The monoisotopic (exact) mass is 295 g/mol. The second-order valence-electron chi connectivity index (χ2n) is 4.16. The molecule has 0 bridgehead atoms. The van der Waals surface area contributed by atoms with E-state index in [0.29, 0.717) is 23.2 Å². The Bertz CT molecular complexity index is 558. The fourth-order valence-corrected chi connectivity index (χ4v) is 2.24. The third-order valence-corrected chi connectivity index (χ3v) is 3.68. The van der Waals surface area contributed by atoms with E-state index in [1.54, 1.807) is 13.2 Å². The quantitative estimate of drug-likeness (QED) is 0.859. The zero-order valence-electron chi connectivity index (χ0n) is 10.6. The Morgan fingerprint density at radius 1 is 1.00 bits per heavy atom. The Hall–Kier alpha value is -1.22. The van der Waals surface area contributed by atoms with Gasteiger partial charge >= 0.3 is 0 Å². The minimum Gasteiger partial charge on any atom is -0.381 e. The first-order chi connectivity index (χ1) is 9.22. The van der Waals surface area contributed by atoms with Crippen molar-refractivity contribution in [2.75, 3.05) is 12.4 Å². The second-order valence-corrected chi connectivity index (χ2v) is 4.94. The van der Waals surface area contributed by atoms with Crippen LogP contribution in [0.4, 0.5) is 5.69 Å². The summed E-state index contributed by atoms with van der Waals surface area (Å²) < 4.78 is 5.18. The maximum absolute atomic E-state index is 6.16. The molecule has 0 amide bonds. The van der Waals surface area contributed by atoms with E-state index in [0.717, 1.165) is 16.8 Å². The van der Waals surface area contributed by atoms with Gasteiger partial charge in [0.1, 0.15) is 0 Å². The van der Waals surface area contributed by atoms with Crippen LogP contribution in [0.5, 0.6) is 0 Å². The van der Waals surface area contributed by atoms with Crippen molar-refractivity contribution in [3.8, 4) is 0 Å². The fourth-order valence-electron chi connectivity index (χ4n) is 1.85. The van der Waals surface area contributed by atoms with Gasteiger partial charge in [-0.05, 0) is 17.7 Å². The summed E-state index contributed by atoms with van der Waals surface area (Å²) in [5.41, 5.74) is 3.13. The molecule has 2 aromatic rings. The van der Waals surface area contributed by atoms with Crippen molar-refractivity contribution < 1.29 is 4.74 Å². The lowest BCUT2D eigenvalue weighted by Gasteiger charge is -2.12. The molecule has 2 aromatic carbocycles. The molecule has 0 aliphatic heterocycles. The smallest absolute Gasteiger partial charge is 0.0733 e. The van der Waals surface area contributed by atoms with Crippen LogP contribution in [0.1, 0.15) is 11.1 Å². The molecular weight excluding hydrogens is 281 g/mol. The predicted octanol–water partition coefficient (Wildman–Crippen LogP) is 4.75. The summed E-state index contributed by atoms with van der Waals surface area (Å²) in [4.78, 5) is 0. The molecule has 4 heteroatoms. The Balaban J connectivity index is 2.12. The summed E-state index contributed by atoms with van der Waals surface area (Å²) in [5.74, 6) is 0. The molecule has 0 atom stereocenters. The number of benzene rings is 2. The van der Waals surface area contributed by atoms with Gasteiger partial charge in [0.25, 0.3) is 0 Å². The molecule has 0 fully saturated rings. The van der Waals surface area contributed by atoms with E-state index >= 15 is 0 Å². The van der Waals surface area contributed by atoms with E-state index in [1.807, 2.05) is 36.4 Å². The van der Waals surface area contributed by atoms with Gasteiger partial charge in [-0.2, -0.15) is 0 Å². The highest BCUT2D eigenvalue weighted by Gasteiger charge is 2.05. The van der Waals surface area contributed by atoms with Crippen LogP contribution < -0.4 is 5.32 Å². The van der Waals surface area contributed by atoms with Gasteiger partial charge in [0, 0.05) is 24.9 Å². The highest BCUT2D eigenvalue weighted by molar-refractivity contribution is 6.42. The largest absolute Gasteiger partial charge is 0.381 e. The molecule has 0 spiro atoms. The standard InChI is InChI=1S/C15H15Cl2NO/c1-19-10-12-5-2-3-8-14(12)18-9-11-6-4-7-13(16)15(11)17/h2-8,18H,9-10H2,1H3. The number of para-hydroxylation sites is 1. The van der Waals surface area contributed by atoms with Gasteiger partial charge in [-0.25, -0.2) is 0 Å². The van der Waals surface area contributed by atoms with Crippen molar-refractivity contribution >= 4 is 28.9 Å². The third kappa shape index (κ3) is 3.63. The summed E-state index contributed by atoms with van der Waals surface area (Å²) in [6.45, 7) is 1.20. The Labute approximate surface area is 123 Å². The van der Waals surface area contributed by atoms with Gasteiger partial charge in [0.15, 0.2) is 0 Å². The summed E-state index contributed by atoms with van der Waals surface area (Å²) in [6.07, 6.45) is 0. The van der Waals surface area contributed by atoms with E-state index in [9.17, 15) is 0 Å². The van der Waals surface area contributed by atoms with E-state index in [4.69, 9.17) is 27.9 Å². The summed E-state index contributed by atoms with van der Waals surface area (Å²) in [6, 6.07) is 13.7. The van der Waals surface area contributed by atoms with Gasteiger partial charge in [-0.15, -0.1) is 0 Å². The molecule has 0 unspecified atom stereocenters.